The molecule has 3 heteroatoms. The smallest absolute Gasteiger partial charge is 0.191 e. The zero-order chi connectivity index (χ0) is 12.8. The molecule has 2 N–H and O–H groups in total. The summed E-state index contributed by atoms with van der Waals surface area (Å²) in [5.41, 5.74) is 7.27. The van der Waals surface area contributed by atoms with E-state index in [0.717, 1.165) is 19.0 Å². The van der Waals surface area contributed by atoms with E-state index < -0.39 is 0 Å². The number of piperidine rings is 1. The Morgan fingerprint density at radius 3 is 2.56 bits per heavy atom. The molecule has 1 aliphatic rings. The van der Waals surface area contributed by atoms with Gasteiger partial charge >= 0.3 is 0 Å². The molecule has 2 rings (SSSR count). The van der Waals surface area contributed by atoms with Crippen LogP contribution in [0.1, 0.15) is 31.7 Å². The number of hydrogen-bond donors (Lipinski definition) is 1. The first-order valence-corrected chi connectivity index (χ1v) is 6.88. The minimum atomic E-state index is 0.681. The molecule has 98 valence electrons. The highest BCUT2D eigenvalue weighted by molar-refractivity contribution is 5.78. The third-order valence-corrected chi connectivity index (χ3v) is 3.78. The average Bonchev–Trinajstić information content (AvgIpc) is 2.46. The van der Waals surface area contributed by atoms with Gasteiger partial charge in [-0.2, -0.15) is 0 Å². The number of aliphatic imine (C=N–C) groups is 1. The molecule has 0 aromatic heterocycles. The van der Waals surface area contributed by atoms with Gasteiger partial charge in [0.05, 0.1) is 6.54 Å². The van der Waals surface area contributed by atoms with Crippen LogP contribution in [0, 0.1) is 5.92 Å². The number of hydrogen-bond acceptors (Lipinski definition) is 1. The molecule has 0 radical (unpaired) electrons. The Hall–Kier alpha value is -1.51. The summed E-state index contributed by atoms with van der Waals surface area (Å²) in [5, 5.41) is 0. The number of nitrogens with zero attached hydrogens (tertiary/aromatic N) is 2. The number of guanidine groups is 1. The molecule has 1 aliphatic heterocycles. The first kappa shape index (κ1) is 12.9. The van der Waals surface area contributed by atoms with Gasteiger partial charge in [0.2, 0.25) is 0 Å². The number of benzene rings is 1. The van der Waals surface area contributed by atoms with Crippen LogP contribution in [-0.2, 0) is 6.54 Å². The van der Waals surface area contributed by atoms with Crippen molar-refractivity contribution in [3.05, 3.63) is 35.9 Å². The first-order valence-electron chi connectivity index (χ1n) is 6.88. The molecular weight excluding hydrogens is 222 g/mol. The van der Waals surface area contributed by atoms with Crippen molar-refractivity contribution >= 4 is 5.96 Å². The van der Waals surface area contributed by atoms with E-state index >= 15 is 0 Å². The molecule has 3 nitrogen and oxygen atoms in total. The fraction of sp³-hybridized carbons (Fsp3) is 0.533. The van der Waals surface area contributed by atoms with E-state index in [1.807, 2.05) is 18.2 Å². The Labute approximate surface area is 110 Å². The predicted molar refractivity (Wildman–Crippen MR) is 76.4 cm³/mol. The molecule has 1 saturated heterocycles. The summed E-state index contributed by atoms with van der Waals surface area (Å²) in [6.07, 6.45) is 3.78. The van der Waals surface area contributed by atoms with Gasteiger partial charge in [-0.3, -0.25) is 0 Å². The highest BCUT2D eigenvalue weighted by Crippen LogP contribution is 2.19. The summed E-state index contributed by atoms with van der Waals surface area (Å²) in [6.45, 7) is 5.07. The Bertz CT molecular complexity index is 378. The fourth-order valence-corrected chi connectivity index (χ4v) is 2.43. The summed E-state index contributed by atoms with van der Waals surface area (Å²) in [5.74, 6) is 1.58. The van der Waals surface area contributed by atoms with Gasteiger partial charge < -0.3 is 10.6 Å². The lowest BCUT2D eigenvalue weighted by Crippen LogP contribution is -2.42. The standard InChI is InChI=1S/C15H23N3/c1-2-13-8-10-18(11-9-13)15(16)17-12-14-6-4-3-5-7-14/h3-7,13H,2,8-12H2,1H3,(H2,16,17). The van der Waals surface area contributed by atoms with Gasteiger partial charge in [0.1, 0.15) is 0 Å². The average molecular weight is 245 g/mol. The quantitative estimate of drug-likeness (QED) is 0.657. The summed E-state index contributed by atoms with van der Waals surface area (Å²) < 4.78 is 0. The molecular formula is C15H23N3. The van der Waals surface area contributed by atoms with E-state index in [1.54, 1.807) is 0 Å². The van der Waals surface area contributed by atoms with Crippen LogP contribution in [-0.4, -0.2) is 23.9 Å². The third kappa shape index (κ3) is 3.49. The minimum Gasteiger partial charge on any atom is -0.370 e. The van der Waals surface area contributed by atoms with Crippen molar-refractivity contribution in [3.63, 3.8) is 0 Å². The van der Waals surface area contributed by atoms with Crippen LogP contribution in [0.25, 0.3) is 0 Å². The first-order chi connectivity index (χ1) is 8.79. The van der Waals surface area contributed by atoms with E-state index in [-0.39, 0.29) is 0 Å². The van der Waals surface area contributed by atoms with Crippen molar-refractivity contribution in [2.75, 3.05) is 13.1 Å². The van der Waals surface area contributed by atoms with E-state index in [1.165, 1.54) is 24.8 Å². The lowest BCUT2D eigenvalue weighted by atomic mass is 9.95. The van der Waals surface area contributed by atoms with Crippen LogP contribution >= 0.6 is 0 Å². The second-order valence-electron chi connectivity index (χ2n) is 5.00. The van der Waals surface area contributed by atoms with E-state index in [9.17, 15) is 0 Å². The van der Waals surface area contributed by atoms with Gasteiger partial charge in [0.25, 0.3) is 0 Å². The molecule has 0 unspecified atom stereocenters. The number of nitrogens with two attached hydrogens (primary N) is 1. The molecule has 0 amide bonds. The molecule has 0 bridgehead atoms. The lowest BCUT2D eigenvalue weighted by molar-refractivity contribution is 0.259. The van der Waals surface area contributed by atoms with Crippen LogP contribution < -0.4 is 5.73 Å². The second-order valence-corrected chi connectivity index (χ2v) is 5.00. The lowest BCUT2D eigenvalue weighted by Gasteiger charge is -2.32. The van der Waals surface area contributed by atoms with Gasteiger partial charge in [0, 0.05) is 13.1 Å². The van der Waals surface area contributed by atoms with Crippen molar-refractivity contribution in [1.82, 2.24) is 4.90 Å². The Morgan fingerprint density at radius 2 is 1.94 bits per heavy atom. The van der Waals surface area contributed by atoms with Crippen LogP contribution in [0.5, 0.6) is 0 Å². The van der Waals surface area contributed by atoms with Crippen molar-refractivity contribution in [1.29, 1.82) is 0 Å². The van der Waals surface area contributed by atoms with Gasteiger partial charge in [0.15, 0.2) is 5.96 Å². The van der Waals surface area contributed by atoms with Crippen molar-refractivity contribution < 1.29 is 0 Å². The second kappa shape index (κ2) is 6.43. The SMILES string of the molecule is CCC1CCN(C(N)=NCc2ccccc2)CC1. The molecule has 1 aromatic rings. The predicted octanol–water partition coefficient (Wildman–Crippen LogP) is 2.62. The third-order valence-electron chi connectivity index (χ3n) is 3.78. The number of likely N-dealkylation sites (tertiary alicyclic amines) is 1. The van der Waals surface area contributed by atoms with Crippen LogP contribution in [0.3, 0.4) is 0 Å². The van der Waals surface area contributed by atoms with E-state index in [2.05, 4.69) is 28.9 Å². The summed E-state index contributed by atoms with van der Waals surface area (Å²) in [7, 11) is 0. The monoisotopic (exact) mass is 245 g/mol. The number of rotatable bonds is 3. The molecule has 0 spiro atoms. The highest BCUT2D eigenvalue weighted by Gasteiger charge is 2.18. The summed E-state index contributed by atoms with van der Waals surface area (Å²) in [4.78, 5) is 6.71. The normalized spacial score (nSPS) is 18.1. The molecule has 18 heavy (non-hydrogen) atoms. The maximum atomic E-state index is 6.06. The maximum Gasteiger partial charge on any atom is 0.191 e. The Kier molecular flexibility index (Phi) is 4.62. The van der Waals surface area contributed by atoms with Crippen LogP contribution in [0.4, 0.5) is 0 Å². The topological polar surface area (TPSA) is 41.6 Å². The zero-order valence-corrected chi connectivity index (χ0v) is 11.2. The van der Waals surface area contributed by atoms with Crippen LogP contribution in [0.2, 0.25) is 0 Å². The largest absolute Gasteiger partial charge is 0.370 e. The van der Waals surface area contributed by atoms with Crippen molar-refractivity contribution in [2.24, 2.45) is 16.6 Å². The highest BCUT2D eigenvalue weighted by atomic mass is 15.3. The zero-order valence-electron chi connectivity index (χ0n) is 11.2. The van der Waals surface area contributed by atoms with Crippen LogP contribution in [0.15, 0.2) is 35.3 Å². The van der Waals surface area contributed by atoms with Crippen molar-refractivity contribution in [2.45, 2.75) is 32.7 Å². The molecule has 1 heterocycles. The van der Waals surface area contributed by atoms with Crippen molar-refractivity contribution in [3.8, 4) is 0 Å². The maximum absolute atomic E-state index is 6.06. The van der Waals surface area contributed by atoms with Gasteiger partial charge in [-0.15, -0.1) is 0 Å². The van der Waals surface area contributed by atoms with Gasteiger partial charge in [-0.1, -0.05) is 43.7 Å². The van der Waals surface area contributed by atoms with Gasteiger partial charge in [-0.05, 0) is 24.3 Å². The minimum absolute atomic E-state index is 0.681. The molecule has 0 aliphatic carbocycles. The molecule has 0 atom stereocenters. The molecule has 1 aromatic carbocycles. The molecule has 1 fully saturated rings. The van der Waals surface area contributed by atoms with Gasteiger partial charge in [-0.25, -0.2) is 4.99 Å². The van der Waals surface area contributed by atoms with E-state index in [0.29, 0.717) is 12.5 Å². The Morgan fingerprint density at radius 1 is 1.28 bits per heavy atom. The molecule has 0 saturated carbocycles. The summed E-state index contributed by atoms with van der Waals surface area (Å²) >= 11 is 0. The van der Waals surface area contributed by atoms with E-state index in [4.69, 9.17) is 5.73 Å². The Balaban J connectivity index is 1.86. The summed E-state index contributed by atoms with van der Waals surface area (Å²) in [6, 6.07) is 10.3. The fourth-order valence-electron chi connectivity index (χ4n) is 2.43.